The zero-order valence-corrected chi connectivity index (χ0v) is 13.0. The van der Waals surface area contributed by atoms with Gasteiger partial charge in [0.15, 0.2) is 5.60 Å². The summed E-state index contributed by atoms with van der Waals surface area (Å²) in [6.07, 6.45) is 5.06. The van der Waals surface area contributed by atoms with Gasteiger partial charge in [-0.3, -0.25) is 9.59 Å². The molecule has 1 aromatic heterocycles. The Balaban J connectivity index is 2.08. The topological polar surface area (TPSA) is 85.5 Å². The second-order valence-corrected chi connectivity index (χ2v) is 7.01. The van der Waals surface area contributed by atoms with Crippen molar-refractivity contribution in [3.05, 3.63) is 32.0 Å². The Morgan fingerprint density at radius 3 is 2.78 bits per heavy atom. The van der Waals surface area contributed by atoms with Crippen molar-refractivity contribution in [2.24, 2.45) is 5.41 Å². The van der Waals surface area contributed by atoms with E-state index in [1.54, 1.807) is 0 Å². The molecule has 23 heavy (non-hydrogen) atoms. The molecule has 6 heteroatoms. The van der Waals surface area contributed by atoms with Crippen LogP contribution in [0.1, 0.15) is 37.8 Å². The molecule has 3 heterocycles. The Morgan fingerprint density at radius 2 is 2.00 bits per heavy atom. The second-order valence-electron chi connectivity index (χ2n) is 7.01. The van der Waals surface area contributed by atoms with E-state index in [1.807, 2.05) is 12.2 Å². The van der Waals surface area contributed by atoms with Crippen LogP contribution in [0.3, 0.4) is 0 Å². The zero-order valence-electron chi connectivity index (χ0n) is 13.0. The van der Waals surface area contributed by atoms with Crippen LogP contribution in [-0.4, -0.2) is 23.3 Å². The molecule has 0 bridgehead atoms. The van der Waals surface area contributed by atoms with Crippen molar-refractivity contribution >= 4 is 23.9 Å². The number of cyclic esters (lactones) is 1. The number of esters is 1. The summed E-state index contributed by atoms with van der Waals surface area (Å²) < 4.78 is 10.6. The molecule has 1 atom stereocenters. The average Bonchev–Trinajstić information content (AvgIpc) is 2.85. The minimum atomic E-state index is -1.37. The smallest absolute Gasteiger partial charge is 0.378 e. The Hall–Kier alpha value is -2.21. The van der Waals surface area contributed by atoms with Gasteiger partial charge in [0.2, 0.25) is 0 Å². The number of pyridine rings is 1. The molecule has 0 radical (unpaired) electrons. The second kappa shape index (κ2) is 4.41. The SMILES string of the molecule is CC1(C)C=c2[nH]c(=O)c3c(c2=CC1)C1(CCOC(=O)C1=O)OC3. The normalized spacial score (nSPS) is 27.7. The summed E-state index contributed by atoms with van der Waals surface area (Å²) in [5.74, 6) is -1.60. The summed E-state index contributed by atoms with van der Waals surface area (Å²) in [6.45, 7) is 4.30. The maximum Gasteiger partial charge on any atom is 0.378 e. The molecular formula is C17H17NO5. The van der Waals surface area contributed by atoms with Gasteiger partial charge in [-0.05, 0) is 11.8 Å². The van der Waals surface area contributed by atoms with Crippen LogP contribution in [-0.2, 0) is 31.3 Å². The van der Waals surface area contributed by atoms with E-state index in [9.17, 15) is 14.4 Å². The van der Waals surface area contributed by atoms with Crippen LogP contribution >= 0.6 is 0 Å². The van der Waals surface area contributed by atoms with Crippen LogP contribution in [0.2, 0.25) is 0 Å². The molecule has 1 aromatic rings. The quantitative estimate of drug-likeness (QED) is 0.520. The molecule has 0 aromatic carbocycles. The van der Waals surface area contributed by atoms with Gasteiger partial charge in [-0.2, -0.15) is 0 Å². The molecule has 1 N–H and O–H groups in total. The van der Waals surface area contributed by atoms with Crippen LogP contribution in [0.15, 0.2) is 4.79 Å². The van der Waals surface area contributed by atoms with Crippen molar-refractivity contribution < 1.29 is 19.1 Å². The largest absolute Gasteiger partial charge is 0.460 e. The first-order valence-corrected chi connectivity index (χ1v) is 7.68. The first-order valence-electron chi connectivity index (χ1n) is 7.68. The van der Waals surface area contributed by atoms with Gasteiger partial charge < -0.3 is 14.5 Å². The predicted molar refractivity (Wildman–Crippen MR) is 80.7 cm³/mol. The summed E-state index contributed by atoms with van der Waals surface area (Å²) >= 11 is 0. The molecule has 1 fully saturated rings. The van der Waals surface area contributed by atoms with E-state index in [0.29, 0.717) is 16.5 Å². The Labute approximate surface area is 131 Å². The van der Waals surface area contributed by atoms with Crippen LogP contribution in [0.4, 0.5) is 0 Å². The van der Waals surface area contributed by atoms with Gasteiger partial charge in [-0.1, -0.05) is 26.0 Å². The fourth-order valence-corrected chi connectivity index (χ4v) is 3.69. The maximum atomic E-state index is 12.5. The molecule has 0 saturated carbocycles. The molecular weight excluding hydrogens is 298 g/mol. The van der Waals surface area contributed by atoms with Gasteiger partial charge >= 0.3 is 5.97 Å². The number of fused-ring (bicyclic) bond motifs is 4. The maximum absolute atomic E-state index is 12.5. The summed E-state index contributed by atoms with van der Waals surface area (Å²) in [4.78, 5) is 39.6. The number of aromatic amines is 1. The lowest BCUT2D eigenvalue weighted by atomic mass is 9.80. The molecule has 1 saturated heterocycles. The van der Waals surface area contributed by atoms with E-state index in [2.05, 4.69) is 18.8 Å². The summed E-state index contributed by atoms with van der Waals surface area (Å²) in [5.41, 5.74) is -0.702. The van der Waals surface area contributed by atoms with Crippen LogP contribution in [0.25, 0.3) is 12.2 Å². The van der Waals surface area contributed by atoms with E-state index < -0.39 is 17.4 Å². The molecule has 1 unspecified atom stereocenters. The molecule has 4 rings (SSSR count). The molecule has 120 valence electrons. The number of ether oxygens (including phenoxy) is 2. The summed E-state index contributed by atoms with van der Waals surface area (Å²) in [6, 6.07) is 0. The number of nitrogens with one attached hydrogen (secondary N) is 1. The predicted octanol–water partition coefficient (Wildman–Crippen LogP) is -0.393. The molecule has 3 aliphatic rings. The zero-order chi connectivity index (χ0) is 16.4. The highest BCUT2D eigenvalue weighted by atomic mass is 16.6. The highest BCUT2D eigenvalue weighted by Gasteiger charge is 2.54. The van der Waals surface area contributed by atoms with Gasteiger partial charge in [0.05, 0.1) is 18.8 Å². The first kappa shape index (κ1) is 14.4. The Bertz CT molecular complexity index is 924. The minimum absolute atomic E-state index is 0.0359. The van der Waals surface area contributed by atoms with E-state index >= 15 is 0 Å². The fourth-order valence-electron chi connectivity index (χ4n) is 3.69. The highest BCUT2D eigenvalue weighted by Crippen LogP contribution is 2.39. The van der Waals surface area contributed by atoms with E-state index in [0.717, 1.165) is 11.6 Å². The monoisotopic (exact) mass is 315 g/mol. The fraction of sp³-hybridized carbons (Fsp3) is 0.471. The van der Waals surface area contributed by atoms with Gasteiger partial charge in [-0.25, -0.2) is 4.79 Å². The molecule has 6 nitrogen and oxygen atoms in total. The molecule has 1 aliphatic carbocycles. The van der Waals surface area contributed by atoms with E-state index in [1.165, 1.54) is 0 Å². The number of carbonyl (C=O) groups excluding carboxylic acids is 2. The first-order chi connectivity index (χ1) is 10.8. The van der Waals surface area contributed by atoms with Crippen LogP contribution < -0.4 is 16.1 Å². The number of rotatable bonds is 0. The van der Waals surface area contributed by atoms with Crippen molar-refractivity contribution in [1.29, 1.82) is 0 Å². The average molecular weight is 315 g/mol. The van der Waals surface area contributed by atoms with Gasteiger partial charge in [0, 0.05) is 22.6 Å². The number of ketones is 1. The third-order valence-corrected chi connectivity index (χ3v) is 4.86. The third-order valence-electron chi connectivity index (χ3n) is 4.86. The van der Waals surface area contributed by atoms with Crippen molar-refractivity contribution in [1.82, 2.24) is 4.98 Å². The minimum Gasteiger partial charge on any atom is -0.460 e. The van der Waals surface area contributed by atoms with Gasteiger partial charge in [-0.15, -0.1) is 0 Å². The van der Waals surface area contributed by atoms with E-state index in [4.69, 9.17) is 9.47 Å². The molecule has 2 aliphatic heterocycles. The number of aromatic nitrogens is 1. The number of Topliss-reactive ketones (excluding diaryl/α,β-unsaturated/α-hetero) is 1. The number of H-pyrrole nitrogens is 1. The Kier molecular flexibility index (Phi) is 2.76. The number of hydrogen-bond acceptors (Lipinski definition) is 5. The van der Waals surface area contributed by atoms with Crippen LogP contribution in [0.5, 0.6) is 0 Å². The van der Waals surface area contributed by atoms with Crippen molar-refractivity contribution in [3.63, 3.8) is 0 Å². The number of hydrogen-bond donors (Lipinski definition) is 1. The highest BCUT2D eigenvalue weighted by molar-refractivity contribution is 6.37. The van der Waals surface area contributed by atoms with Gasteiger partial charge in [0.1, 0.15) is 0 Å². The lowest BCUT2D eigenvalue weighted by Crippen LogP contribution is -2.52. The Morgan fingerprint density at radius 1 is 1.22 bits per heavy atom. The lowest BCUT2D eigenvalue weighted by molar-refractivity contribution is -0.177. The standard InChI is InChI=1S/C17H17NO5/c1-16(2)4-3-9-11(7-16)18-14(20)10-8-23-17(12(9)10)5-6-22-15(21)13(17)19/h3,7H,4-6,8H2,1-2H3,(H,18,20). The third kappa shape index (κ3) is 1.88. The summed E-state index contributed by atoms with van der Waals surface area (Å²) in [7, 11) is 0. The van der Waals surface area contributed by atoms with Crippen molar-refractivity contribution in [3.8, 4) is 0 Å². The summed E-state index contributed by atoms with van der Waals surface area (Å²) in [5, 5.41) is 1.50. The van der Waals surface area contributed by atoms with Crippen molar-refractivity contribution in [2.75, 3.05) is 6.61 Å². The van der Waals surface area contributed by atoms with Gasteiger partial charge in [0.25, 0.3) is 11.3 Å². The van der Waals surface area contributed by atoms with Crippen LogP contribution in [0, 0.1) is 5.41 Å². The van der Waals surface area contributed by atoms with Crippen molar-refractivity contribution in [2.45, 2.75) is 38.9 Å². The lowest BCUT2D eigenvalue weighted by Gasteiger charge is -2.31. The van der Waals surface area contributed by atoms with E-state index in [-0.39, 0.29) is 30.6 Å². The molecule has 1 spiro atoms. The molecule has 0 amide bonds. The number of carbonyl (C=O) groups is 2.